The highest BCUT2D eigenvalue weighted by Crippen LogP contribution is 2.36. The Kier molecular flexibility index (Phi) is 3.75. The number of halogens is 2. The molecule has 2 aromatic rings. The second kappa shape index (κ2) is 5.11. The van der Waals surface area contributed by atoms with Crippen LogP contribution in [-0.4, -0.2) is 5.16 Å². The molecule has 0 bridgehead atoms. The summed E-state index contributed by atoms with van der Waals surface area (Å²) in [6.07, 6.45) is 1.93. The third kappa shape index (κ3) is 2.33. The van der Waals surface area contributed by atoms with Crippen molar-refractivity contribution in [3.05, 3.63) is 39.6 Å². The lowest BCUT2D eigenvalue weighted by atomic mass is 10.0. The summed E-state index contributed by atoms with van der Waals surface area (Å²) in [5, 5.41) is 5.28. The van der Waals surface area contributed by atoms with Crippen molar-refractivity contribution in [3.63, 3.8) is 0 Å². The fourth-order valence-electron chi connectivity index (χ4n) is 1.86. The van der Waals surface area contributed by atoms with E-state index in [4.69, 9.17) is 27.7 Å². The molecule has 0 unspecified atom stereocenters. The molecule has 2 rings (SSSR count). The van der Waals surface area contributed by atoms with Crippen molar-refractivity contribution in [1.29, 1.82) is 0 Å². The zero-order valence-corrected chi connectivity index (χ0v) is 11.3. The van der Waals surface area contributed by atoms with E-state index in [9.17, 15) is 0 Å². The van der Waals surface area contributed by atoms with Crippen LogP contribution in [0.25, 0.3) is 11.3 Å². The Morgan fingerprint density at radius 1 is 1.24 bits per heavy atom. The van der Waals surface area contributed by atoms with E-state index < -0.39 is 0 Å². The minimum Gasteiger partial charge on any atom is -0.361 e. The quantitative estimate of drug-likeness (QED) is 0.792. The standard InChI is InChI=1S/C13H13Cl2NO/c1-3-5-9-8(2)17-16-13(9)12-10(14)6-4-7-11(12)15/h4,6-7H,3,5H2,1-2H3. The molecule has 0 radical (unpaired) electrons. The maximum atomic E-state index is 6.18. The van der Waals surface area contributed by atoms with Gasteiger partial charge in [-0.15, -0.1) is 0 Å². The Morgan fingerprint density at radius 3 is 2.47 bits per heavy atom. The summed E-state index contributed by atoms with van der Waals surface area (Å²) in [5.41, 5.74) is 2.61. The maximum Gasteiger partial charge on any atom is 0.137 e. The fraction of sp³-hybridized carbons (Fsp3) is 0.308. The molecule has 0 spiro atoms. The number of hydrogen-bond acceptors (Lipinski definition) is 2. The first-order chi connectivity index (χ1) is 8.15. The molecule has 0 aliphatic carbocycles. The van der Waals surface area contributed by atoms with Crippen molar-refractivity contribution >= 4 is 23.2 Å². The topological polar surface area (TPSA) is 26.0 Å². The smallest absolute Gasteiger partial charge is 0.137 e. The van der Waals surface area contributed by atoms with Gasteiger partial charge in [-0.25, -0.2) is 0 Å². The zero-order valence-electron chi connectivity index (χ0n) is 9.76. The van der Waals surface area contributed by atoms with Crippen LogP contribution in [0, 0.1) is 6.92 Å². The van der Waals surface area contributed by atoms with Gasteiger partial charge in [0.25, 0.3) is 0 Å². The van der Waals surface area contributed by atoms with E-state index in [1.807, 2.05) is 25.1 Å². The SMILES string of the molecule is CCCc1c(-c2c(Cl)cccc2Cl)noc1C. The van der Waals surface area contributed by atoms with Gasteiger partial charge in [-0.1, -0.05) is 47.8 Å². The van der Waals surface area contributed by atoms with Crippen LogP contribution >= 0.6 is 23.2 Å². The number of benzene rings is 1. The number of aryl methyl sites for hydroxylation is 1. The minimum atomic E-state index is 0.600. The molecule has 0 amide bonds. The molecule has 1 aromatic carbocycles. The predicted molar refractivity (Wildman–Crippen MR) is 70.7 cm³/mol. The summed E-state index contributed by atoms with van der Waals surface area (Å²) in [6, 6.07) is 5.44. The lowest BCUT2D eigenvalue weighted by molar-refractivity contribution is 0.398. The molecule has 2 nitrogen and oxygen atoms in total. The summed E-state index contributed by atoms with van der Waals surface area (Å²) in [4.78, 5) is 0. The molecule has 1 aromatic heterocycles. The lowest BCUT2D eigenvalue weighted by Crippen LogP contribution is -1.90. The largest absolute Gasteiger partial charge is 0.361 e. The van der Waals surface area contributed by atoms with E-state index in [2.05, 4.69) is 12.1 Å². The van der Waals surface area contributed by atoms with Gasteiger partial charge >= 0.3 is 0 Å². The molecule has 1 heterocycles. The molecular weight excluding hydrogens is 257 g/mol. The average Bonchev–Trinajstić information content (AvgIpc) is 2.62. The summed E-state index contributed by atoms with van der Waals surface area (Å²) in [5.74, 6) is 0.831. The highest BCUT2D eigenvalue weighted by Gasteiger charge is 2.18. The molecule has 0 aliphatic rings. The highest BCUT2D eigenvalue weighted by molar-refractivity contribution is 6.39. The number of rotatable bonds is 3. The average molecular weight is 270 g/mol. The van der Waals surface area contributed by atoms with Crippen LogP contribution in [0.5, 0.6) is 0 Å². The number of nitrogens with zero attached hydrogens (tertiary/aromatic N) is 1. The van der Waals surface area contributed by atoms with Crippen LogP contribution in [0.1, 0.15) is 24.7 Å². The first-order valence-corrected chi connectivity index (χ1v) is 6.30. The lowest BCUT2D eigenvalue weighted by Gasteiger charge is -2.05. The van der Waals surface area contributed by atoms with E-state index >= 15 is 0 Å². The van der Waals surface area contributed by atoms with Gasteiger partial charge in [-0.3, -0.25) is 0 Å². The van der Waals surface area contributed by atoms with E-state index in [1.165, 1.54) is 0 Å². The van der Waals surface area contributed by atoms with Crippen LogP contribution in [0.3, 0.4) is 0 Å². The van der Waals surface area contributed by atoms with Gasteiger partial charge in [0.2, 0.25) is 0 Å². The van der Waals surface area contributed by atoms with Crippen molar-refractivity contribution in [3.8, 4) is 11.3 Å². The fourth-order valence-corrected chi connectivity index (χ4v) is 2.43. The molecule has 17 heavy (non-hydrogen) atoms. The first-order valence-electron chi connectivity index (χ1n) is 5.54. The zero-order chi connectivity index (χ0) is 12.4. The van der Waals surface area contributed by atoms with Crippen LogP contribution in [0.2, 0.25) is 10.0 Å². The molecule has 90 valence electrons. The Labute approximate surface area is 111 Å². The highest BCUT2D eigenvalue weighted by atomic mass is 35.5. The Hall–Kier alpha value is -0.990. The van der Waals surface area contributed by atoms with Gasteiger partial charge in [0.15, 0.2) is 0 Å². The molecule has 0 N–H and O–H groups in total. The van der Waals surface area contributed by atoms with Crippen LogP contribution < -0.4 is 0 Å². The van der Waals surface area contributed by atoms with Gasteiger partial charge in [-0.05, 0) is 25.5 Å². The Morgan fingerprint density at radius 2 is 1.88 bits per heavy atom. The molecule has 4 heteroatoms. The molecule has 0 fully saturated rings. The van der Waals surface area contributed by atoms with Crippen LogP contribution in [0.15, 0.2) is 22.7 Å². The number of aromatic nitrogens is 1. The van der Waals surface area contributed by atoms with E-state index in [1.54, 1.807) is 0 Å². The van der Waals surface area contributed by atoms with Crippen LogP contribution in [0.4, 0.5) is 0 Å². The van der Waals surface area contributed by atoms with Gasteiger partial charge in [0.05, 0.1) is 10.0 Å². The van der Waals surface area contributed by atoms with E-state index in [0.29, 0.717) is 10.0 Å². The van der Waals surface area contributed by atoms with E-state index in [0.717, 1.165) is 35.4 Å². The molecule has 0 saturated heterocycles. The second-order valence-electron chi connectivity index (χ2n) is 3.91. The van der Waals surface area contributed by atoms with Crippen LogP contribution in [-0.2, 0) is 6.42 Å². The predicted octanol–water partition coefficient (Wildman–Crippen LogP) is 4.91. The third-order valence-electron chi connectivity index (χ3n) is 2.68. The third-order valence-corrected chi connectivity index (χ3v) is 3.31. The second-order valence-corrected chi connectivity index (χ2v) is 4.73. The summed E-state index contributed by atoms with van der Waals surface area (Å²) in [6.45, 7) is 4.02. The Bertz CT molecular complexity index is 514. The summed E-state index contributed by atoms with van der Waals surface area (Å²) >= 11 is 12.4. The molecule has 0 atom stereocenters. The minimum absolute atomic E-state index is 0.600. The molecule has 0 saturated carbocycles. The van der Waals surface area contributed by atoms with Crippen molar-refractivity contribution in [2.24, 2.45) is 0 Å². The first kappa shape index (κ1) is 12.5. The van der Waals surface area contributed by atoms with Gasteiger partial charge in [-0.2, -0.15) is 0 Å². The van der Waals surface area contributed by atoms with Crippen molar-refractivity contribution in [2.75, 3.05) is 0 Å². The molecule has 0 aliphatic heterocycles. The van der Waals surface area contributed by atoms with Crippen molar-refractivity contribution in [1.82, 2.24) is 5.16 Å². The maximum absolute atomic E-state index is 6.18. The monoisotopic (exact) mass is 269 g/mol. The summed E-state index contributed by atoms with van der Waals surface area (Å²) < 4.78 is 5.25. The van der Waals surface area contributed by atoms with Gasteiger partial charge in [0.1, 0.15) is 11.5 Å². The van der Waals surface area contributed by atoms with Gasteiger partial charge < -0.3 is 4.52 Å². The Balaban J connectivity index is 2.60. The molecular formula is C13H13Cl2NO. The number of hydrogen-bond donors (Lipinski definition) is 0. The van der Waals surface area contributed by atoms with Crippen molar-refractivity contribution in [2.45, 2.75) is 26.7 Å². The van der Waals surface area contributed by atoms with Gasteiger partial charge in [0, 0.05) is 11.1 Å². The summed E-state index contributed by atoms with van der Waals surface area (Å²) in [7, 11) is 0. The normalized spacial score (nSPS) is 10.8. The van der Waals surface area contributed by atoms with Crippen molar-refractivity contribution < 1.29 is 4.52 Å². The van der Waals surface area contributed by atoms with E-state index in [-0.39, 0.29) is 0 Å².